The van der Waals surface area contributed by atoms with Gasteiger partial charge in [0.25, 0.3) is 0 Å². The monoisotopic (exact) mass is 399 g/mol. The fourth-order valence-electron chi connectivity index (χ4n) is 2.87. The Bertz CT molecular complexity index is 853. The molecule has 2 N–H and O–H groups in total. The summed E-state index contributed by atoms with van der Waals surface area (Å²) in [6.07, 6.45) is 1.28. The van der Waals surface area contributed by atoms with Crippen LogP contribution in [0.5, 0.6) is 0 Å². The molecule has 1 fully saturated rings. The molecule has 0 spiro atoms. The Labute approximate surface area is 172 Å². The molecule has 0 saturated carbocycles. The zero-order valence-corrected chi connectivity index (χ0v) is 18.3. The Morgan fingerprint density at radius 3 is 2.28 bits per heavy atom. The van der Waals surface area contributed by atoms with Gasteiger partial charge in [-0.15, -0.1) is 0 Å². The Morgan fingerprint density at radius 1 is 1.14 bits per heavy atom. The number of carbonyl (C=O) groups is 1. The van der Waals surface area contributed by atoms with Crippen molar-refractivity contribution in [1.29, 1.82) is 0 Å². The number of imidazole rings is 1. The highest BCUT2D eigenvalue weighted by Crippen LogP contribution is 2.36. The summed E-state index contributed by atoms with van der Waals surface area (Å²) in [7, 11) is -0.385. The second-order valence-corrected chi connectivity index (χ2v) is 9.31. The molecule has 1 amide bonds. The number of aromatic nitrogens is 2. The van der Waals surface area contributed by atoms with E-state index >= 15 is 0 Å². The van der Waals surface area contributed by atoms with Gasteiger partial charge in [-0.05, 0) is 59.5 Å². The van der Waals surface area contributed by atoms with Gasteiger partial charge in [0.1, 0.15) is 11.4 Å². The van der Waals surface area contributed by atoms with Crippen LogP contribution in [0.25, 0.3) is 11.3 Å². The zero-order chi connectivity index (χ0) is 21.4. The Balaban J connectivity index is 1.62. The average molecular weight is 399 g/mol. The Morgan fingerprint density at radius 2 is 1.72 bits per heavy atom. The van der Waals surface area contributed by atoms with Crippen LogP contribution in [0.4, 0.5) is 4.79 Å². The van der Waals surface area contributed by atoms with Crippen LogP contribution in [0.2, 0.25) is 0 Å². The largest absolute Gasteiger partial charge is 0.494 e. The molecule has 2 heterocycles. The second-order valence-electron chi connectivity index (χ2n) is 9.31. The first-order chi connectivity index (χ1) is 13.4. The first-order valence-corrected chi connectivity index (χ1v) is 9.83. The normalized spacial score (nSPS) is 18.0. The van der Waals surface area contributed by atoms with Gasteiger partial charge in [-0.25, -0.2) is 9.78 Å². The second kappa shape index (κ2) is 7.50. The molecule has 1 aliphatic heterocycles. The molecule has 0 unspecified atom stereocenters. The summed E-state index contributed by atoms with van der Waals surface area (Å²) in [6.45, 7) is 13.9. The van der Waals surface area contributed by atoms with E-state index in [9.17, 15) is 4.79 Å². The van der Waals surface area contributed by atoms with Crippen molar-refractivity contribution in [2.24, 2.45) is 0 Å². The summed E-state index contributed by atoms with van der Waals surface area (Å²) in [5, 5.41) is 2.69. The third-order valence-electron chi connectivity index (χ3n) is 5.17. The number of hydrogen-bond donors (Lipinski definition) is 2. The number of ether oxygens (including phenoxy) is 1. The number of nitrogens with zero attached hydrogens (tertiary/aromatic N) is 1. The van der Waals surface area contributed by atoms with Crippen LogP contribution >= 0.6 is 0 Å². The number of nitrogens with one attached hydrogen (secondary N) is 2. The van der Waals surface area contributed by atoms with Crippen LogP contribution in [-0.2, 0) is 20.6 Å². The fourth-order valence-corrected chi connectivity index (χ4v) is 2.87. The van der Waals surface area contributed by atoms with Crippen molar-refractivity contribution in [3.63, 3.8) is 0 Å². The quantitative estimate of drug-likeness (QED) is 0.770. The minimum Gasteiger partial charge on any atom is -0.444 e. The maximum absolute atomic E-state index is 11.8. The lowest BCUT2D eigenvalue weighted by Gasteiger charge is -2.32. The van der Waals surface area contributed by atoms with E-state index in [1.807, 2.05) is 72.7 Å². The van der Waals surface area contributed by atoms with Crippen molar-refractivity contribution in [2.45, 2.75) is 71.8 Å². The van der Waals surface area contributed by atoms with E-state index in [1.165, 1.54) is 0 Å². The van der Waals surface area contributed by atoms with Gasteiger partial charge in [0.15, 0.2) is 0 Å². The lowest BCUT2D eigenvalue weighted by molar-refractivity contribution is 0.00578. The lowest BCUT2D eigenvalue weighted by atomic mass is 9.79. The van der Waals surface area contributed by atoms with Crippen molar-refractivity contribution in [1.82, 2.24) is 15.3 Å². The molecule has 0 bridgehead atoms. The highest BCUT2D eigenvalue weighted by molar-refractivity contribution is 6.62. The van der Waals surface area contributed by atoms with E-state index in [4.69, 9.17) is 14.0 Å². The van der Waals surface area contributed by atoms with Gasteiger partial charge in [-0.3, -0.25) is 0 Å². The first kappa shape index (κ1) is 21.4. The van der Waals surface area contributed by atoms with Crippen molar-refractivity contribution < 1.29 is 18.8 Å². The minimum absolute atomic E-state index is 0.265. The van der Waals surface area contributed by atoms with Gasteiger partial charge in [0, 0.05) is 0 Å². The Hall–Kier alpha value is -2.32. The summed E-state index contributed by atoms with van der Waals surface area (Å²) in [6, 6.07) is 7.99. The molecule has 7 nitrogen and oxygen atoms in total. The summed E-state index contributed by atoms with van der Waals surface area (Å²) < 4.78 is 17.4. The van der Waals surface area contributed by atoms with Gasteiger partial charge in [-0.2, -0.15) is 0 Å². The van der Waals surface area contributed by atoms with Crippen LogP contribution in [-0.4, -0.2) is 40.0 Å². The SMILES string of the molecule is CC(C)(C)OC(=O)NCc1ncc(-c2ccc(B3OC(C)(C)C(C)(C)O3)cc2)[nH]1. The van der Waals surface area contributed by atoms with Crippen LogP contribution in [0.15, 0.2) is 30.5 Å². The predicted octanol–water partition coefficient (Wildman–Crippen LogP) is 3.40. The summed E-state index contributed by atoms with van der Waals surface area (Å²) in [5.74, 6) is 0.654. The molecule has 0 radical (unpaired) electrons. The highest BCUT2D eigenvalue weighted by atomic mass is 16.7. The molecule has 1 saturated heterocycles. The number of aromatic amines is 1. The first-order valence-electron chi connectivity index (χ1n) is 9.83. The maximum Gasteiger partial charge on any atom is 0.494 e. The number of amides is 1. The minimum atomic E-state index is -0.530. The van der Waals surface area contributed by atoms with Gasteiger partial charge >= 0.3 is 13.2 Å². The van der Waals surface area contributed by atoms with E-state index < -0.39 is 11.7 Å². The van der Waals surface area contributed by atoms with E-state index in [0.717, 1.165) is 16.7 Å². The molecule has 156 valence electrons. The molecule has 0 atom stereocenters. The summed E-state index contributed by atoms with van der Waals surface area (Å²) in [4.78, 5) is 19.3. The number of carbonyl (C=O) groups excluding carboxylic acids is 1. The van der Waals surface area contributed by atoms with Gasteiger partial charge in [0.2, 0.25) is 0 Å². The smallest absolute Gasteiger partial charge is 0.444 e. The predicted molar refractivity (Wildman–Crippen MR) is 113 cm³/mol. The highest BCUT2D eigenvalue weighted by Gasteiger charge is 2.51. The van der Waals surface area contributed by atoms with Crippen LogP contribution < -0.4 is 10.8 Å². The molecule has 1 aromatic carbocycles. The van der Waals surface area contributed by atoms with E-state index in [-0.39, 0.29) is 24.9 Å². The molecule has 0 aliphatic carbocycles. The number of H-pyrrole nitrogens is 1. The number of alkyl carbamates (subject to hydrolysis) is 1. The van der Waals surface area contributed by atoms with Crippen LogP contribution in [0.3, 0.4) is 0 Å². The third-order valence-corrected chi connectivity index (χ3v) is 5.17. The van der Waals surface area contributed by atoms with Crippen molar-refractivity contribution in [3.8, 4) is 11.3 Å². The summed E-state index contributed by atoms with van der Waals surface area (Å²) >= 11 is 0. The molecule has 29 heavy (non-hydrogen) atoms. The summed E-state index contributed by atoms with van der Waals surface area (Å²) in [5.41, 5.74) is 1.56. The number of hydrogen-bond acceptors (Lipinski definition) is 5. The number of benzene rings is 1. The lowest BCUT2D eigenvalue weighted by Crippen LogP contribution is -2.41. The molecule has 2 aromatic rings. The average Bonchev–Trinajstić information content (AvgIpc) is 3.14. The van der Waals surface area contributed by atoms with E-state index in [1.54, 1.807) is 6.20 Å². The molecule has 1 aliphatic rings. The fraction of sp³-hybridized carbons (Fsp3) is 0.524. The van der Waals surface area contributed by atoms with E-state index in [0.29, 0.717) is 5.82 Å². The Kier molecular flexibility index (Phi) is 5.53. The number of rotatable bonds is 4. The topological polar surface area (TPSA) is 85.5 Å². The molecule has 8 heteroatoms. The van der Waals surface area contributed by atoms with Crippen molar-refractivity contribution >= 4 is 18.7 Å². The third kappa shape index (κ3) is 5.00. The van der Waals surface area contributed by atoms with Gasteiger partial charge in [0.05, 0.1) is 29.6 Å². The van der Waals surface area contributed by atoms with Crippen molar-refractivity contribution in [2.75, 3.05) is 0 Å². The standard InChI is InChI=1S/C21H30BN3O4/c1-19(2,3)27-18(26)24-13-17-23-12-16(25-17)14-8-10-15(11-9-14)22-28-20(4,5)21(6,7)29-22/h8-12H,13H2,1-7H3,(H,23,25)(H,24,26). The van der Waals surface area contributed by atoms with Crippen molar-refractivity contribution in [3.05, 3.63) is 36.3 Å². The zero-order valence-electron chi connectivity index (χ0n) is 18.3. The van der Waals surface area contributed by atoms with Crippen LogP contribution in [0, 0.1) is 0 Å². The van der Waals surface area contributed by atoms with Gasteiger partial charge < -0.3 is 24.3 Å². The molecule has 3 rings (SSSR count). The maximum atomic E-state index is 11.8. The molecule has 1 aromatic heterocycles. The molecular weight excluding hydrogens is 369 g/mol. The van der Waals surface area contributed by atoms with Crippen LogP contribution in [0.1, 0.15) is 54.3 Å². The molecular formula is C21H30BN3O4. The van der Waals surface area contributed by atoms with Gasteiger partial charge in [-0.1, -0.05) is 24.3 Å². The van der Waals surface area contributed by atoms with E-state index in [2.05, 4.69) is 15.3 Å².